The molecule has 15 heavy (non-hydrogen) atoms. The Balaban J connectivity index is 1.75. The van der Waals surface area contributed by atoms with Gasteiger partial charge >= 0.3 is 0 Å². The van der Waals surface area contributed by atoms with Crippen molar-refractivity contribution in [3.63, 3.8) is 0 Å². The first-order valence-electron chi connectivity index (χ1n) is 6.28. The fourth-order valence-electron chi connectivity index (χ4n) is 3.94. The Morgan fingerprint density at radius 1 is 0.733 bits per heavy atom. The van der Waals surface area contributed by atoms with Gasteiger partial charge in [0, 0.05) is 21.7 Å². The molecule has 3 rings (SSSR count). The monoisotopic (exact) mass is 335 g/mol. The van der Waals surface area contributed by atoms with Crippen LogP contribution in [-0.4, -0.2) is 21.7 Å². The highest BCUT2D eigenvalue weighted by molar-refractivity contribution is 9.09. The molecule has 2 aliphatic carbocycles. The molecule has 86 valence electrons. The largest absolute Gasteiger partial charge is 0.311 e. The van der Waals surface area contributed by atoms with E-state index in [1.807, 2.05) is 0 Å². The molecule has 0 aromatic carbocycles. The van der Waals surface area contributed by atoms with Crippen LogP contribution in [0.4, 0.5) is 0 Å². The molecule has 3 fully saturated rings. The second-order valence-corrected chi connectivity index (χ2v) is 8.12. The van der Waals surface area contributed by atoms with Crippen LogP contribution >= 0.6 is 31.9 Å². The minimum absolute atomic E-state index is 0.787. The summed E-state index contributed by atoms with van der Waals surface area (Å²) in [6.07, 6.45) is 8.31. The van der Waals surface area contributed by atoms with Crippen LogP contribution in [0.1, 0.15) is 38.5 Å². The van der Waals surface area contributed by atoms with Gasteiger partial charge < -0.3 is 5.32 Å². The number of hydrogen-bond acceptors (Lipinski definition) is 1. The van der Waals surface area contributed by atoms with Crippen LogP contribution < -0.4 is 5.32 Å². The van der Waals surface area contributed by atoms with Crippen molar-refractivity contribution in [2.75, 3.05) is 0 Å². The summed E-state index contributed by atoms with van der Waals surface area (Å²) in [5.74, 6) is 1.90. The third-order valence-electron chi connectivity index (χ3n) is 4.65. The predicted molar refractivity (Wildman–Crippen MR) is 70.8 cm³/mol. The average molecular weight is 337 g/mol. The highest BCUT2D eigenvalue weighted by atomic mass is 79.9. The molecule has 3 heteroatoms. The van der Waals surface area contributed by atoms with Gasteiger partial charge in [0.05, 0.1) is 0 Å². The molecule has 1 N–H and O–H groups in total. The van der Waals surface area contributed by atoms with Gasteiger partial charge in [0.1, 0.15) is 0 Å². The Morgan fingerprint density at radius 2 is 1.20 bits per heavy atom. The van der Waals surface area contributed by atoms with Crippen LogP contribution in [0.25, 0.3) is 0 Å². The molecular formula is C12H19Br2N. The highest BCUT2D eigenvalue weighted by Gasteiger charge is 2.46. The molecule has 0 amide bonds. The van der Waals surface area contributed by atoms with Crippen molar-refractivity contribution in [2.24, 2.45) is 11.8 Å². The average Bonchev–Trinajstić information content (AvgIpc) is 2.56. The lowest BCUT2D eigenvalue weighted by molar-refractivity contribution is 0.241. The summed E-state index contributed by atoms with van der Waals surface area (Å²) < 4.78 is 0. The lowest BCUT2D eigenvalue weighted by Gasteiger charge is -2.34. The van der Waals surface area contributed by atoms with Crippen LogP contribution in [0.5, 0.6) is 0 Å². The van der Waals surface area contributed by atoms with Gasteiger partial charge in [-0.25, -0.2) is 0 Å². The molecule has 0 radical (unpaired) electrons. The molecule has 1 aliphatic heterocycles. The Bertz CT molecular complexity index is 222. The molecule has 1 saturated heterocycles. The van der Waals surface area contributed by atoms with Crippen molar-refractivity contribution in [2.45, 2.75) is 60.3 Å². The summed E-state index contributed by atoms with van der Waals surface area (Å²) in [6.45, 7) is 0. The van der Waals surface area contributed by atoms with Crippen LogP contribution in [-0.2, 0) is 0 Å². The SMILES string of the molecule is BrC1CCC2NC3CCC(Br)CC3C2C1. The standard InChI is InChI=1S/C12H19Br2N/c13-7-1-3-11-9(5-7)10-6-8(14)2-4-12(10)15-11/h7-12,15H,1-6H2. The van der Waals surface area contributed by atoms with Gasteiger partial charge in [-0.1, -0.05) is 31.9 Å². The molecule has 2 saturated carbocycles. The maximum atomic E-state index is 3.89. The van der Waals surface area contributed by atoms with Crippen molar-refractivity contribution >= 4 is 31.9 Å². The first kappa shape index (κ1) is 11.0. The zero-order chi connectivity index (χ0) is 10.4. The Labute approximate surface area is 109 Å². The van der Waals surface area contributed by atoms with Gasteiger partial charge in [0.15, 0.2) is 0 Å². The number of hydrogen-bond donors (Lipinski definition) is 1. The van der Waals surface area contributed by atoms with Crippen molar-refractivity contribution < 1.29 is 0 Å². The fraction of sp³-hybridized carbons (Fsp3) is 1.00. The highest BCUT2D eigenvalue weighted by Crippen LogP contribution is 2.46. The first-order chi connectivity index (χ1) is 7.24. The van der Waals surface area contributed by atoms with Crippen LogP contribution in [0.3, 0.4) is 0 Å². The molecule has 6 atom stereocenters. The van der Waals surface area contributed by atoms with Crippen molar-refractivity contribution in [3.8, 4) is 0 Å². The van der Waals surface area contributed by atoms with Gasteiger partial charge in [-0.3, -0.25) is 0 Å². The Morgan fingerprint density at radius 3 is 1.67 bits per heavy atom. The number of rotatable bonds is 0. The molecule has 1 heterocycles. The quantitative estimate of drug-likeness (QED) is 0.668. The lowest BCUT2D eigenvalue weighted by atomic mass is 9.73. The first-order valence-corrected chi connectivity index (χ1v) is 8.11. The molecule has 6 unspecified atom stereocenters. The molecule has 0 bridgehead atoms. The summed E-state index contributed by atoms with van der Waals surface area (Å²) >= 11 is 7.63. The van der Waals surface area contributed by atoms with E-state index < -0.39 is 0 Å². The van der Waals surface area contributed by atoms with Crippen molar-refractivity contribution in [1.82, 2.24) is 5.32 Å². The summed E-state index contributed by atoms with van der Waals surface area (Å²) in [5, 5.41) is 3.89. The van der Waals surface area contributed by atoms with E-state index in [0.717, 1.165) is 33.6 Å². The van der Waals surface area contributed by atoms with E-state index in [-0.39, 0.29) is 0 Å². The van der Waals surface area contributed by atoms with E-state index >= 15 is 0 Å². The zero-order valence-corrected chi connectivity index (χ0v) is 12.1. The second kappa shape index (κ2) is 4.30. The minimum Gasteiger partial charge on any atom is -0.311 e. The van der Waals surface area contributed by atoms with E-state index in [0.29, 0.717) is 0 Å². The number of fused-ring (bicyclic) bond motifs is 3. The van der Waals surface area contributed by atoms with E-state index in [9.17, 15) is 0 Å². The van der Waals surface area contributed by atoms with E-state index in [2.05, 4.69) is 37.2 Å². The molecule has 0 spiro atoms. The predicted octanol–water partition coefficient (Wildman–Crippen LogP) is 3.45. The third kappa shape index (κ3) is 2.04. The van der Waals surface area contributed by atoms with E-state index in [1.165, 1.54) is 38.5 Å². The van der Waals surface area contributed by atoms with Crippen LogP contribution in [0.15, 0.2) is 0 Å². The second-order valence-electron chi connectivity index (χ2n) is 5.53. The summed E-state index contributed by atoms with van der Waals surface area (Å²) in [4.78, 5) is 1.57. The molecule has 0 aromatic rings. The summed E-state index contributed by atoms with van der Waals surface area (Å²) in [5.41, 5.74) is 0. The molecule has 0 aromatic heterocycles. The molecule has 3 aliphatic rings. The van der Waals surface area contributed by atoms with Gasteiger partial charge in [0.25, 0.3) is 0 Å². The van der Waals surface area contributed by atoms with Crippen molar-refractivity contribution in [3.05, 3.63) is 0 Å². The van der Waals surface area contributed by atoms with Gasteiger partial charge in [-0.05, 0) is 50.4 Å². The fourth-order valence-corrected chi connectivity index (χ4v) is 5.33. The Hall–Kier alpha value is 0.920. The third-order valence-corrected chi connectivity index (χ3v) is 6.31. The number of halogens is 2. The maximum absolute atomic E-state index is 3.89. The van der Waals surface area contributed by atoms with Gasteiger partial charge in [-0.2, -0.15) is 0 Å². The number of nitrogens with one attached hydrogen (secondary N) is 1. The van der Waals surface area contributed by atoms with E-state index in [1.54, 1.807) is 0 Å². The maximum Gasteiger partial charge on any atom is 0.0149 e. The minimum atomic E-state index is 0.787. The molecular weight excluding hydrogens is 318 g/mol. The smallest absolute Gasteiger partial charge is 0.0149 e. The zero-order valence-electron chi connectivity index (χ0n) is 8.96. The van der Waals surface area contributed by atoms with Crippen LogP contribution in [0, 0.1) is 11.8 Å². The normalized spacial score (nSPS) is 54.8. The number of alkyl halides is 2. The van der Waals surface area contributed by atoms with Crippen LogP contribution in [0.2, 0.25) is 0 Å². The topological polar surface area (TPSA) is 12.0 Å². The lowest BCUT2D eigenvalue weighted by Crippen LogP contribution is -2.35. The van der Waals surface area contributed by atoms with E-state index in [4.69, 9.17) is 0 Å². The Kier molecular flexibility index (Phi) is 3.17. The molecule has 1 nitrogen and oxygen atoms in total. The summed E-state index contributed by atoms with van der Waals surface area (Å²) in [6, 6.07) is 1.68. The van der Waals surface area contributed by atoms with Gasteiger partial charge in [-0.15, -0.1) is 0 Å². The van der Waals surface area contributed by atoms with Gasteiger partial charge in [0.2, 0.25) is 0 Å². The van der Waals surface area contributed by atoms with Crippen molar-refractivity contribution in [1.29, 1.82) is 0 Å². The summed E-state index contributed by atoms with van der Waals surface area (Å²) in [7, 11) is 0.